The van der Waals surface area contributed by atoms with Crippen LogP contribution in [0.5, 0.6) is 0 Å². The summed E-state index contributed by atoms with van der Waals surface area (Å²) in [4.78, 5) is 16.0. The summed E-state index contributed by atoms with van der Waals surface area (Å²) in [7, 11) is 1.68. The summed E-state index contributed by atoms with van der Waals surface area (Å²) in [5.74, 6) is 0.345. The molecule has 0 atom stereocenters. The van der Waals surface area contributed by atoms with Crippen LogP contribution in [-0.2, 0) is 16.1 Å². The van der Waals surface area contributed by atoms with Gasteiger partial charge >= 0.3 is 0 Å². The van der Waals surface area contributed by atoms with Gasteiger partial charge in [-0.3, -0.25) is 4.79 Å². The molecule has 1 aromatic rings. The van der Waals surface area contributed by atoms with Crippen LogP contribution in [0.4, 0.5) is 0 Å². The van der Waals surface area contributed by atoms with E-state index in [1.807, 2.05) is 13.8 Å². The molecule has 0 aliphatic heterocycles. The molecule has 1 heterocycles. The van der Waals surface area contributed by atoms with Gasteiger partial charge in [0.15, 0.2) is 5.16 Å². The van der Waals surface area contributed by atoms with E-state index in [1.54, 1.807) is 13.2 Å². The number of nitrogens with one attached hydrogen (secondary N) is 1. The maximum atomic E-state index is 11.6. The molecule has 0 fully saturated rings. The molecule has 1 N–H and O–H groups in total. The second kappa shape index (κ2) is 8.01. The minimum atomic E-state index is -0.0125. The van der Waals surface area contributed by atoms with E-state index in [1.165, 1.54) is 11.8 Å². The average Bonchev–Trinajstić information content (AvgIpc) is 2.67. The van der Waals surface area contributed by atoms with Crippen LogP contribution < -0.4 is 5.32 Å². The van der Waals surface area contributed by atoms with Crippen molar-refractivity contribution in [1.82, 2.24) is 14.9 Å². The van der Waals surface area contributed by atoms with Crippen molar-refractivity contribution in [3.8, 4) is 0 Å². The van der Waals surface area contributed by atoms with E-state index < -0.39 is 0 Å². The molecule has 0 bridgehead atoms. The van der Waals surface area contributed by atoms with E-state index in [-0.39, 0.29) is 5.91 Å². The van der Waals surface area contributed by atoms with E-state index in [9.17, 15) is 4.79 Å². The molecule has 0 radical (unpaired) electrons. The lowest BCUT2D eigenvalue weighted by Gasteiger charge is -2.09. The van der Waals surface area contributed by atoms with Crippen molar-refractivity contribution in [1.29, 1.82) is 0 Å². The summed E-state index contributed by atoms with van der Waals surface area (Å²) in [6.45, 7) is 9.44. The van der Waals surface area contributed by atoms with Crippen LogP contribution in [-0.4, -0.2) is 41.5 Å². The van der Waals surface area contributed by atoms with E-state index in [4.69, 9.17) is 4.74 Å². The molecule has 0 aliphatic carbocycles. The molecule has 6 heteroatoms. The van der Waals surface area contributed by atoms with Gasteiger partial charge in [0.25, 0.3) is 0 Å². The first kappa shape index (κ1) is 15.8. The Morgan fingerprint density at radius 1 is 1.58 bits per heavy atom. The van der Waals surface area contributed by atoms with Crippen molar-refractivity contribution >= 4 is 17.7 Å². The number of thioether (sulfide) groups is 1. The molecule has 0 unspecified atom stereocenters. The molecule has 1 rings (SSSR count). The van der Waals surface area contributed by atoms with Gasteiger partial charge in [0.05, 0.1) is 18.1 Å². The highest BCUT2D eigenvalue weighted by atomic mass is 32.2. The highest BCUT2D eigenvalue weighted by Crippen LogP contribution is 2.20. The van der Waals surface area contributed by atoms with Gasteiger partial charge in [0, 0.05) is 25.9 Å². The number of imidazole rings is 1. The molecule has 19 heavy (non-hydrogen) atoms. The normalized spacial score (nSPS) is 10.5. The number of carbonyl (C=O) groups is 1. The second-order valence-electron chi connectivity index (χ2n) is 4.09. The maximum absolute atomic E-state index is 11.6. The third-order valence-electron chi connectivity index (χ3n) is 2.72. The number of carbonyl (C=O) groups excluding carboxylic acids is 1. The highest BCUT2D eigenvalue weighted by molar-refractivity contribution is 7.99. The molecule has 0 aliphatic rings. The van der Waals surface area contributed by atoms with Crippen molar-refractivity contribution in [2.75, 3.05) is 26.0 Å². The topological polar surface area (TPSA) is 56.2 Å². The van der Waals surface area contributed by atoms with Crippen molar-refractivity contribution in [3.05, 3.63) is 24.0 Å². The number of nitrogens with zero attached hydrogens (tertiary/aromatic N) is 2. The predicted molar refractivity (Wildman–Crippen MR) is 77.5 cm³/mol. The largest absolute Gasteiger partial charge is 0.383 e. The zero-order valence-corrected chi connectivity index (χ0v) is 12.5. The van der Waals surface area contributed by atoms with E-state index in [0.717, 1.165) is 23.1 Å². The first-order valence-electron chi connectivity index (χ1n) is 6.13. The smallest absolute Gasteiger partial charge is 0.230 e. The number of amides is 1. The lowest BCUT2D eigenvalue weighted by atomic mass is 10.4. The fraction of sp³-hybridized carbons (Fsp3) is 0.538. The highest BCUT2D eigenvalue weighted by Gasteiger charge is 2.12. The van der Waals surface area contributed by atoms with Gasteiger partial charge in [0.1, 0.15) is 0 Å². The Morgan fingerprint density at radius 2 is 2.32 bits per heavy atom. The number of methoxy groups -OCH3 is 1. The third kappa shape index (κ3) is 4.72. The standard InChI is InChI=1S/C13H21N3O2S/c1-5-6-14-12(17)9-19-13-15-10(2)11(3)16(13)7-8-18-4/h5H,1,6-9H2,2-4H3,(H,14,17). The molecular weight excluding hydrogens is 262 g/mol. The monoisotopic (exact) mass is 283 g/mol. The van der Waals surface area contributed by atoms with Crippen LogP contribution in [0.3, 0.4) is 0 Å². The van der Waals surface area contributed by atoms with Gasteiger partial charge in [-0.15, -0.1) is 6.58 Å². The number of aromatic nitrogens is 2. The fourth-order valence-electron chi connectivity index (χ4n) is 1.55. The number of hydrogen-bond acceptors (Lipinski definition) is 4. The van der Waals surface area contributed by atoms with Gasteiger partial charge in [-0.2, -0.15) is 0 Å². The maximum Gasteiger partial charge on any atom is 0.230 e. The minimum absolute atomic E-state index is 0.0125. The number of ether oxygens (including phenoxy) is 1. The van der Waals surface area contributed by atoms with Crippen LogP contribution >= 0.6 is 11.8 Å². The Labute approximate surface area is 118 Å². The van der Waals surface area contributed by atoms with Crippen molar-refractivity contribution in [2.45, 2.75) is 25.5 Å². The Balaban J connectivity index is 2.64. The van der Waals surface area contributed by atoms with Gasteiger partial charge in [0.2, 0.25) is 5.91 Å². The third-order valence-corrected chi connectivity index (χ3v) is 3.69. The van der Waals surface area contributed by atoms with Gasteiger partial charge in [-0.25, -0.2) is 4.98 Å². The summed E-state index contributed by atoms with van der Waals surface area (Å²) in [5, 5.41) is 3.61. The van der Waals surface area contributed by atoms with E-state index >= 15 is 0 Å². The first-order chi connectivity index (χ1) is 9.10. The molecule has 5 nitrogen and oxygen atoms in total. The fourth-order valence-corrected chi connectivity index (χ4v) is 2.49. The van der Waals surface area contributed by atoms with Gasteiger partial charge in [-0.05, 0) is 13.8 Å². The summed E-state index contributed by atoms with van der Waals surface area (Å²) in [6, 6.07) is 0. The molecule has 0 aromatic carbocycles. The van der Waals surface area contributed by atoms with Gasteiger partial charge < -0.3 is 14.6 Å². The Morgan fingerprint density at radius 3 is 2.95 bits per heavy atom. The van der Waals surface area contributed by atoms with Crippen LogP contribution in [0.15, 0.2) is 17.8 Å². The zero-order chi connectivity index (χ0) is 14.3. The zero-order valence-electron chi connectivity index (χ0n) is 11.7. The summed E-state index contributed by atoms with van der Waals surface area (Å²) >= 11 is 1.44. The Hall–Kier alpha value is -1.27. The first-order valence-corrected chi connectivity index (χ1v) is 7.11. The predicted octanol–water partition coefficient (Wildman–Crippen LogP) is 1.54. The summed E-state index contributed by atoms with van der Waals surface area (Å²) < 4.78 is 7.18. The lowest BCUT2D eigenvalue weighted by molar-refractivity contribution is -0.118. The average molecular weight is 283 g/mol. The van der Waals surface area contributed by atoms with E-state index in [2.05, 4.69) is 21.4 Å². The molecule has 1 amide bonds. The molecule has 0 spiro atoms. The quantitative estimate of drug-likeness (QED) is 0.581. The van der Waals surface area contributed by atoms with Crippen LogP contribution in [0.1, 0.15) is 11.4 Å². The second-order valence-corrected chi connectivity index (χ2v) is 5.03. The minimum Gasteiger partial charge on any atom is -0.383 e. The number of aryl methyl sites for hydroxylation is 1. The van der Waals surface area contributed by atoms with Crippen molar-refractivity contribution < 1.29 is 9.53 Å². The molecule has 106 valence electrons. The van der Waals surface area contributed by atoms with Crippen molar-refractivity contribution in [2.24, 2.45) is 0 Å². The van der Waals surface area contributed by atoms with Crippen LogP contribution in [0.25, 0.3) is 0 Å². The Bertz CT molecular complexity index is 443. The lowest BCUT2D eigenvalue weighted by Crippen LogP contribution is -2.25. The summed E-state index contributed by atoms with van der Waals surface area (Å²) in [5.41, 5.74) is 2.11. The van der Waals surface area contributed by atoms with Crippen LogP contribution in [0.2, 0.25) is 0 Å². The molecule has 0 saturated heterocycles. The number of hydrogen-bond donors (Lipinski definition) is 1. The van der Waals surface area contributed by atoms with Crippen LogP contribution in [0, 0.1) is 13.8 Å². The number of rotatable bonds is 8. The summed E-state index contributed by atoms with van der Waals surface area (Å²) in [6.07, 6.45) is 1.66. The SMILES string of the molecule is C=CCNC(=O)CSc1nc(C)c(C)n1CCOC. The van der Waals surface area contributed by atoms with Gasteiger partial charge in [-0.1, -0.05) is 17.8 Å². The van der Waals surface area contributed by atoms with E-state index in [0.29, 0.717) is 18.9 Å². The van der Waals surface area contributed by atoms with Crippen molar-refractivity contribution in [3.63, 3.8) is 0 Å². The molecule has 1 aromatic heterocycles. The molecule has 0 saturated carbocycles. The Kier molecular flexibility index (Phi) is 6.66. The molecular formula is C13H21N3O2S.